The smallest absolute Gasteiger partial charge is 0.240 e. The van der Waals surface area contributed by atoms with Crippen LogP contribution in [0.3, 0.4) is 0 Å². The summed E-state index contributed by atoms with van der Waals surface area (Å²) < 4.78 is 5.12. The first-order valence-electron chi connectivity index (χ1n) is 6.59. The van der Waals surface area contributed by atoms with Gasteiger partial charge in [-0.15, -0.1) is 0 Å². The molecule has 94 valence electrons. The van der Waals surface area contributed by atoms with E-state index in [1.807, 2.05) is 6.92 Å². The largest absolute Gasteiger partial charge is 0.338 e. The van der Waals surface area contributed by atoms with Crippen molar-refractivity contribution in [3.8, 4) is 0 Å². The minimum Gasteiger partial charge on any atom is -0.338 e. The molecule has 0 saturated carbocycles. The van der Waals surface area contributed by atoms with Gasteiger partial charge in [0.1, 0.15) is 0 Å². The van der Waals surface area contributed by atoms with Crippen molar-refractivity contribution in [2.75, 3.05) is 13.1 Å². The van der Waals surface area contributed by atoms with Gasteiger partial charge in [0.25, 0.3) is 0 Å². The van der Waals surface area contributed by atoms with Gasteiger partial charge in [0, 0.05) is 18.6 Å². The molecule has 5 heteroatoms. The van der Waals surface area contributed by atoms with Gasteiger partial charge >= 0.3 is 0 Å². The van der Waals surface area contributed by atoms with Crippen LogP contribution in [0.2, 0.25) is 0 Å². The van der Waals surface area contributed by atoms with Crippen molar-refractivity contribution in [2.24, 2.45) is 0 Å². The summed E-state index contributed by atoms with van der Waals surface area (Å²) in [6.07, 6.45) is 5.32. The minimum absolute atomic E-state index is 0.600. The number of fused-ring (bicyclic) bond motifs is 1. The van der Waals surface area contributed by atoms with Crippen LogP contribution in [0, 0.1) is 6.92 Å². The van der Waals surface area contributed by atoms with Gasteiger partial charge in [-0.3, -0.25) is 4.90 Å². The molecule has 0 radical (unpaired) electrons. The van der Waals surface area contributed by atoms with Crippen LogP contribution < -0.4 is 5.32 Å². The summed E-state index contributed by atoms with van der Waals surface area (Å²) in [6.45, 7) is 5.08. The molecule has 0 aromatic carbocycles. The van der Waals surface area contributed by atoms with Gasteiger partial charge in [0.15, 0.2) is 5.82 Å². The number of hydrogen-bond donors (Lipinski definition) is 1. The Morgan fingerprint density at radius 3 is 3.12 bits per heavy atom. The van der Waals surface area contributed by atoms with E-state index < -0.39 is 0 Å². The molecule has 17 heavy (non-hydrogen) atoms. The average Bonchev–Trinajstić information content (AvgIpc) is 2.93. The van der Waals surface area contributed by atoms with E-state index in [0.29, 0.717) is 24.3 Å². The molecule has 2 aliphatic rings. The average molecular weight is 236 g/mol. The van der Waals surface area contributed by atoms with Crippen molar-refractivity contribution in [3.63, 3.8) is 0 Å². The van der Waals surface area contributed by atoms with E-state index in [0.717, 1.165) is 6.04 Å². The highest BCUT2D eigenvalue weighted by molar-refractivity contribution is 4.95. The number of rotatable bonds is 3. The zero-order valence-corrected chi connectivity index (χ0v) is 10.4. The predicted octanol–water partition coefficient (Wildman–Crippen LogP) is 1.09. The summed E-state index contributed by atoms with van der Waals surface area (Å²) in [5.41, 5.74) is 0. The fourth-order valence-corrected chi connectivity index (χ4v) is 3.12. The third-order valence-electron chi connectivity index (χ3n) is 3.94. The molecule has 2 unspecified atom stereocenters. The highest BCUT2D eigenvalue weighted by atomic mass is 16.5. The van der Waals surface area contributed by atoms with Gasteiger partial charge in [-0.1, -0.05) is 11.6 Å². The van der Waals surface area contributed by atoms with Gasteiger partial charge in [0.05, 0.1) is 6.54 Å². The van der Waals surface area contributed by atoms with E-state index >= 15 is 0 Å². The number of piperidine rings is 1. The molecule has 5 nitrogen and oxygen atoms in total. The summed E-state index contributed by atoms with van der Waals surface area (Å²) in [5, 5.41) is 7.38. The van der Waals surface area contributed by atoms with Gasteiger partial charge in [0.2, 0.25) is 5.89 Å². The van der Waals surface area contributed by atoms with E-state index in [-0.39, 0.29) is 0 Å². The second-order valence-electron chi connectivity index (χ2n) is 5.11. The minimum atomic E-state index is 0.600. The Kier molecular flexibility index (Phi) is 3.11. The maximum absolute atomic E-state index is 5.12. The van der Waals surface area contributed by atoms with Crippen LogP contribution in [0.25, 0.3) is 0 Å². The fraction of sp³-hybridized carbons (Fsp3) is 0.833. The van der Waals surface area contributed by atoms with Crippen LogP contribution in [-0.2, 0) is 6.54 Å². The maximum atomic E-state index is 5.12. The molecule has 1 N–H and O–H groups in total. The van der Waals surface area contributed by atoms with Gasteiger partial charge in [-0.05, 0) is 32.7 Å². The summed E-state index contributed by atoms with van der Waals surface area (Å²) >= 11 is 0. The molecule has 3 heterocycles. The van der Waals surface area contributed by atoms with Crippen molar-refractivity contribution in [1.82, 2.24) is 20.4 Å². The topological polar surface area (TPSA) is 54.2 Å². The number of hydrogen-bond acceptors (Lipinski definition) is 5. The molecular formula is C12H20N4O. The molecule has 0 bridgehead atoms. The normalized spacial score (nSPS) is 29.5. The lowest BCUT2D eigenvalue weighted by molar-refractivity contribution is 0.178. The Hall–Kier alpha value is -0.940. The Balaban J connectivity index is 1.55. The predicted molar refractivity (Wildman–Crippen MR) is 63.5 cm³/mol. The molecule has 1 aromatic heterocycles. The van der Waals surface area contributed by atoms with Gasteiger partial charge in [-0.25, -0.2) is 0 Å². The Labute approximate surface area is 102 Å². The van der Waals surface area contributed by atoms with Crippen LogP contribution in [0.15, 0.2) is 4.52 Å². The summed E-state index contributed by atoms with van der Waals surface area (Å²) in [4.78, 5) is 6.85. The molecule has 3 rings (SSSR count). The number of nitrogens with zero attached hydrogens (tertiary/aromatic N) is 3. The highest BCUT2D eigenvalue weighted by Gasteiger charge is 2.35. The molecule has 2 saturated heterocycles. The maximum Gasteiger partial charge on any atom is 0.240 e. The summed E-state index contributed by atoms with van der Waals surface area (Å²) in [5.74, 6) is 1.42. The van der Waals surface area contributed by atoms with E-state index in [1.54, 1.807) is 0 Å². The zero-order valence-electron chi connectivity index (χ0n) is 10.4. The first-order chi connectivity index (χ1) is 8.33. The molecule has 2 fully saturated rings. The fourth-order valence-electron chi connectivity index (χ4n) is 3.12. The Morgan fingerprint density at radius 2 is 2.29 bits per heavy atom. The van der Waals surface area contributed by atoms with Crippen molar-refractivity contribution in [1.29, 1.82) is 0 Å². The molecular weight excluding hydrogens is 216 g/mol. The van der Waals surface area contributed by atoms with Gasteiger partial charge < -0.3 is 9.84 Å². The third-order valence-corrected chi connectivity index (χ3v) is 3.94. The Morgan fingerprint density at radius 1 is 1.35 bits per heavy atom. The molecule has 0 aliphatic carbocycles. The zero-order chi connectivity index (χ0) is 11.7. The lowest BCUT2D eigenvalue weighted by Crippen LogP contribution is -2.44. The van der Waals surface area contributed by atoms with Crippen LogP contribution in [0.1, 0.15) is 37.4 Å². The van der Waals surface area contributed by atoms with Crippen molar-refractivity contribution in [3.05, 3.63) is 11.7 Å². The molecule has 1 aromatic rings. The molecule has 2 aliphatic heterocycles. The van der Waals surface area contributed by atoms with Crippen molar-refractivity contribution >= 4 is 0 Å². The van der Waals surface area contributed by atoms with E-state index in [1.165, 1.54) is 38.8 Å². The van der Waals surface area contributed by atoms with E-state index in [9.17, 15) is 0 Å². The lowest BCUT2D eigenvalue weighted by Gasteiger charge is -2.32. The summed E-state index contributed by atoms with van der Waals surface area (Å²) in [7, 11) is 0. The van der Waals surface area contributed by atoms with Crippen molar-refractivity contribution in [2.45, 2.75) is 51.2 Å². The van der Waals surface area contributed by atoms with E-state index in [4.69, 9.17) is 4.52 Å². The van der Waals surface area contributed by atoms with Gasteiger partial charge in [-0.2, -0.15) is 4.98 Å². The lowest BCUT2D eigenvalue weighted by atomic mass is 9.99. The Bertz CT molecular complexity index is 378. The second-order valence-corrected chi connectivity index (χ2v) is 5.11. The van der Waals surface area contributed by atoms with E-state index in [2.05, 4.69) is 20.4 Å². The second kappa shape index (κ2) is 4.74. The first-order valence-corrected chi connectivity index (χ1v) is 6.59. The first kappa shape index (κ1) is 11.2. The number of aromatic nitrogens is 2. The molecule has 0 amide bonds. The third kappa shape index (κ3) is 2.35. The van der Waals surface area contributed by atoms with Crippen molar-refractivity contribution < 1.29 is 4.52 Å². The number of aryl methyl sites for hydroxylation is 1. The van der Waals surface area contributed by atoms with Crippen LogP contribution in [0.5, 0.6) is 0 Å². The number of nitrogens with one attached hydrogen (secondary N) is 1. The van der Waals surface area contributed by atoms with Crippen LogP contribution in [-0.4, -0.2) is 40.2 Å². The molecule has 0 spiro atoms. The van der Waals surface area contributed by atoms with Crippen LogP contribution >= 0.6 is 0 Å². The highest BCUT2D eigenvalue weighted by Crippen LogP contribution is 2.27. The monoisotopic (exact) mass is 236 g/mol. The SMILES string of the molecule is Cc1noc(CNC2CCN3CCCCC23)n1. The summed E-state index contributed by atoms with van der Waals surface area (Å²) in [6, 6.07) is 1.33. The quantitative estimate of drug-likeness (QED) is 0.851. The standard InChI is InChI=1S/C12H20N4O/c1-9-14-12(17-15-9)8-13-10-5-7-16-6-3-2-4-11(10)16/h10-11,13H,2-8H2,1H3. The molecule has 2 atom stereocenters. The van der Waals surface area contributed by atoms with Crippen LogP contribution in [0.4, 0.5) is 0 Å².